The number of ether oxygens (including phenoxy) is 1. The second kappa shape index (κ2) is 5.07. The van der Waals surface area contributed by atoms with E-state index in [4.69, 9.17) is 9.26 Å². The molecule has 4 heteroatoms. The molecule has 1 aliphatic rings. The van der Waals surface area contributed by atoms with Crippen LogP contribution in [-0.4, -0.2) is 23.9 Å². The Morgan fingerprint density at radius 2 is 2.47 bits per heavy atom. The van der Waals surface area contributed by atoms with Gasteiger partial charge in [-0.2, -0.15) is 4.98 Å². The highest BCUT2D eigenvalue weighted by Crippen LogP contribution is 2.27. The quantitative estimate of drug-likeness (QED) is 0.711. The first kappa shape index (κ1) is 10.4. The maximum Gasteiger partial charge on any atom is 0.230 e. The molecule has 1 aliphatic carbocycles. The SMILES string of the molecule is COCCc1noc(C2CC=CCC2)n1. The number of allylic oxidation sites excluding steroid dienone is 2. The van der Waals surface area contributed by atoms with Crippen molar-refractivity contribution >= 4 is 0 Å². The number of methoxy groups -OCH3 is 1. The summed E-state index contributed by atoms with van der Waals surface area (Å²) >= 11 is 0. The Morgan fingerprint density at radius 3 is 3.20 bits per heavy atom. The molecule has 4 nitrogen and oxygen atoms in total. The largest absolute Gasteiger partial charge is 0.384 e. The van der Waals surface area contributed by atoms with Crippen molar-refractivity contribution in [2.75, 3.05) is 13.7 Å². The molecule has 1 aromatic rings. The van der Waals surface area contributed by atoms with Gasteiger partial charge in [-0.15, -0.1) is 0 Å². The summed E-state index contributed by atoms with van der Waals surface area (Å²) in [6.45, 7) is 0.642. The fourth-order valence-corrected chi connectivity index (χ4v) is 1.75. The summed E-state index contributed by atoms with van der Waals surface area (Å²) in [4.78, 5) is 4.38. The summed E-state index contributed by atoms with van der Waals surface area (Å²) in [5.74, 6) is 1.95. The minimum atomic E-state index is 0.416. The van der Waals surface area contributed by atoms with E-state index in [1.54, 1.807) is 7.11 Å². The van der Waals surface area contributed by atoms with Crippen LogP contribution in [0.3, 0.4) is 0 Å². The molecule has 2 rings (SSSR count). The van der Waals surface area contributed by atoms with Gasteiger partial charge in [0.1, 0.15) is 0 Å². The van der Waals surface area contributed by atoms with Crippen molar-refractivity contribution in [3.05, 3.63) is 23.9 Å². The third-order valence-electron chi connectivity index (χ3n) is 2.63. The van der Waals surface area contributed by atoms with Crippen LogP contribution in [0.4, 0.5) is 0 Å². The Bertz CT molecular complexity index is 333. The zero-order valence-electron chi connectivity index (χ0n) is 8.98. The van der Waals surface area contributed by atoms with Crippen molar-refractivity contribution in [2.45, 2.75) is 31.6 Å². The van der Waals surface area contributed by atoms with Crippen LogP contribution in [0.5, 0.6) is 0 Å². The monoisotopic (exact) mass is 208 g/mol. The lowest BCUT2D eigenvalue weighted by Crippen LogP contribution is -2.02. The lowest BCUT2D eigenvalue weighted by Gasteiger charge is -2.12. The van der Waals surface area contributed by atoms with Crippen LogP contribution < -0.4 is 0 Å². The van der Waals surface area contributed by atoms with Crippen LogP contribution in [0, 0.1) is 0 Å². The molecule has 1 atom stereocenters. The third-order valence-corrected chi connectivity index (χ3v) is 2.63. The molecule has 0 bridgehead atoms. The highest BCUT2D eigenvalue weighted by atomic mass is 16.5. The van der Waals surface area contributed by atoms with Gasteiger partial charge in [-0.1, -0.05) is 17.3 Å². The molecular formula is C11H16N2O2. The Labute approximate surface area is 89.3 Å². The highest BCUT2D eigenvalue weighted by Gasteiger charge is 2.18. The van der Waals surface area contributed by atoms with Crippen LogP contribution in [-0.2, 0) is 11.2 Å². The maximum absolute atomic E-state index is 5.25. The molecule has 0 aliphatic heterocycles. The molecule has 0 amide bonds. The smallest absolute Gasteiger partial charge is 0.230 e. The predicted octanol–water partition coefficient (Wildman–Crippen LogP) is 2.08. The lowest BCUT2D eigenvalue weighted by atomic mass is 9.94. The minimum absolute atomic E-state index is 0.416. The minimum Gasteiger partial charge on any atom is -0.384 e. The van der Waals surface area contributed by atoms with E-state index in [9.17, 15) is 0 Å². The zero-order valence-corrected chi connectivity index (χ0v) is 8.98. The van der Waals surface area contributed by atoms with Gasteiger partial charge in [0.2, 0.25) is 5.89 Å². The molecule has 1 unspecified atom stereocenters. The number of hydrogen-bond acceptors (Lipinski definition) is 4. The summed E-state index contributed by atoms with van der Waals surface area (Å²) in [6.07, 6.45) is 8.36. The fourth-order valence-electron chi connectivity index (χ4n) is 1.75. The lowest BCUT2D eigenvalue weighted by molar-refractivity contribution is 0.199. The molecule has 0 fully saturated rings. The summed E-state index contributed by atoms with van der Waals surface area (Å²) in [7, 11) is 1.67. The van der Waals surface area contributed by atoms with Crippen molar-refractivity contribution in [2.24, 2.45) is 0 Å². The Balaban J connectivity index is 1.96. The second-order valence-electron chi connectivity index (χ2n) is 3.77. The van der Waals surface area contributed by atoms with Gasteiger partial charge in [0.05, 0.1) is 6.61 Å². The van der Waals surface area contributed by atoms with Gasteiger partial charge in [-0.05, 0) is 19.3 Å². The fraction of sp³-hybridized carbons (Fsp3) is 0.636. The number of rotatable bonds is 4. The highest BCUT2D eigenvalue weighted by molar-refractivity contribution is 5.02. The van der Waals surface area contributed by atoms with E-state index < -0.39 is 0 Å². The van der Waals surface area contributed by atoms with Crippen LogP contribution >= 0.6 is 0 Å². The normalized spacial score (nSPS) is 20.7. The van der Waals surface area contributed by atoms with Crippen molar-refractivity contribution in [1.82, 2.24) is 10.1 Å². The molecule has 0 saturated carbocycles. The van der Waals surface area contributed by atoms with Gasteiger partial charge in [-0.25, -0.2) is 0 Å². The van der Waals surface area contributed by atoms with Gasteiger partial charge in [0.25, 0.3) is 0 Å². The van der Waals surface area contributed by atoms with Gasteiger partial charge in [0, 0.05) is 19.4 Å². The van der Waals surface area contributed by atoms with E-state index in [2.05, 4.69) is 22.3 Å². The van der Waals surface area contributed by atoms with Crippen LogP contribution in [0.1, 0.15) is 36.9 Å². The molecule has 0 N–H and O–H groups in total. The van der Waals surface area contributed by atoms with Crippen molar-refractivity contribution in [3.8, 4) is 0 Å². The van der Waals surface area contributed by atoms with Gasteiger partial charge in [0.15, 0.2) is 5.82 Å². The Hall–Kier alpha value is -1.16. The summed E-state index contributed by atoms with van der Waals surface area (Å²) in [6, 6.07) is 0. The van der Waals surface area contributed by atoms with E-state index in [0.717, 1.165) is 37.4 Å². The third kappa shape index (κ3) is 2.65. The van der Waals surface area contributed by atoms with E-state index in [-0.39, 0.29) is 0 Å². The molecule has 0 radical (unpaired) electrons. The van der Waals surface area contributed by atoms with E-state index >= 15 is 0 Å². The van der Waals surface area contributed by atoms with Gasteiger partial charge >= 0.3 is 0 Å². The van der Waals surface area contributed by atoms with Crippen molar-refractivity contribution in [3.63, 3.8) is 0 Å². The number of hydrogen-bond donors (Lipinski definition) is 0. The van der Waals surface area contributed by atoms with Crippen molar-refractivity contribution in [1.29, 1.82) is 0 Å². The Morgan fingerprint density at radius 1 is 1.53 bits per heavy atom. The second-order valence-corrected chi connectivity index (χ2v) is 3.77. The van der Waals surface area contributed by atoms with Crippen molar-refractivity contribution < 1.29 is 9.26 Å². The summed E-state index contributed by atoms with van der Waals surface area (Å²) < 4.78 is 10.2. The van der Waals surface area contributed by atoms with Crippen LogP contribution in [0.25, 0.3) is 0 Å². The molecule has 1 heterocycles. The topological polar surface area (TPSA) is 48.2 Å². The van der Waals surface area contributed by atoms with Crippen LogP contribution in [0.15, 0.2) is 16.7 Å². The average Bonchev–Trinajstić information content (AvgIpc) is 2.76. The number of aromatic nitrogens is 2. The molecule has 0 aromatic carbocycles. The first-order chi connectivity index (χ1) is 7.40. The molecule has 1 aromatic heterocycles. The first-order valence-electron chi connectivity index (χ1n) is 5.36. The Kier molecular flexibility index (Phi) is 3.50. The maximum atomic E-state index is 5.25. The predicted molar refractivity (Wildman–Crippen MR) is 55.6 cm³/mol. The van der Waals surface area contributed by atoms with E-state index in [1.165, 1.54) is 0 Å². The standard InChI is InChI=1S/C11H16N2O2/c1-14-8-7-10-12-11(15-13-10)9-5-3-2-4-6-9/h2-3,9H,4-8H2,1H3. The van der Waals surface area contributed by atoms with Gasteiger partial charge in [-0.3, -0.25) is 0 Å². The average molecular weight is 208 g/mol. The molecule has 15 heavy (non-hydrogen) atoms. The van der Waals surface area contributed by atoms with Gasteiger partial charge < -0.3 is 9.26 Å². The molecule has 0 saturated heterocycles. The van der Waals surface area contributed by atoms with Crippen LogP contribution in [0.2, 0.25) is 0 Å². The molecular weight excluding hydrogens is 192 g/mol. The summed E-state index contributed by atoms with van der Waals surface area (Å²) in [5.41, 5.74) is 0. The first-order valence-corrected chi connectivity index (χ1v) is 5.36. The zero-order chi connectivity index (χ0) is 10.5. The molecule has 82 valence electrons. The summed E-state index contributed by atoms with van der Waals surface area (Å²) in [5, 5.41) is 3.94. The number of nitrogens with zero attached hydrogens (tertiary/aromatic N) is 2. The molecule has 0 spiro atoms. The van der Waals surface area contributed by atoms with E-state index in [1.807, 2.05) is 0 Å². The van der Waals surface area contributed by atoms with E-state index in [0.29, 0.717) is 12.5 Å².